The van der Waals surface area contributed by atoms with Crippen LogP contribution in [0.15, 0.2) is 22.6 Å². The summed E-state index contributed by atoms with van der Waals surface area (Å²) in [4.78, 5) is 13.8. The third-order valence-electron chi connectivity index (χ3n) is 4.26. The average Bonchev–Trinajstić information content (AvgIpc) is 2.83. The molecule has 124 valence electrons. The molecule has 1 aliphatic heterocycles. The number of hydrogen-bond donors (Lipinski definition) is 0. The van der Waals surface area contributed by atoms with E-state index in [1.54, 1.807) is 25.1 Å². The first-order valence-electron chi connectivity index (χ1n) is 7.32. The Morgan fingerprint density at radius 3 is 2.83 bits per heavy atom. The van der Waals surface area contributed by atoms with Gasteiger partial charge < -0.3 is 9.32 Å². The number of piperidine rings is 1. The highest BCUT2D eigenvalue weighted by Gasteiger charge is 2.43. The van der Waals surface area contributed by atoms with Gasteiger partial charge >= 0.3 is 6.18 Å². The Kier molecular flexibility index (Phi) is 4.04. The molecule has 0 bridgehead atoms. The van der Waals surface area contributed by atoms with Crippen molar-refractivity contribution in [2.45, 2.75) is 25.9 Å². The number of furan rings is 1. The van der Waals surface area contributed by atoms with E-state index in [1.807, 2.05) is 0 Å². The van der Waals surface area contributed by atoms with E-state index in [4.69, 9.17) is 16.0 Å². The Bertz CT molecular complexity index is 754. The monoisotopic (exact) mass is 345 g/mol. The van der Waals surface area contributed by atoms with E-state index in [2.05, 4.69) is 0 Å². The number of alkyl halides is 3. The van der Waals surface area contributed by atoms with Gasteiger partial charge in [0.15, 0.2) is 5.76 Å². The third-order valence-corrected chi connectivity index (χ3v) is 4.50. The number of aryl methyl sites for hydroxylation is 1. The number of benzene rings is 1. The molecule has 0 spiro atoms. The lowest BCUT2D eigenvalue weighted by Gasteiger charge is -2.33. The Balaban J connectivity index is 1.90. The predicted molar refractivity (Wildman–Crippen MR) is 80.6 cm³/mol. The number of likely N-dealkylation sites (tertiary alicyclic amines) is 1. The van der Waals surface area contributed by atoms with Gasteiger partial charge in [0.05, 0.1) is 5.92 Å². The Morgan fingerprint density at radius 1 is 1.39 bits per heavy atom. The minimum atomic E-state index is -4.28. The zero-order chi connectivity index (χ0) is 16.8. The standard InChI is InChI=1S/C16H15ClF3NO2/c1-9-12-7-11(17)4-5-13(12)23-14(9)15(22)21-6-2-3-10(8-21)16(18,19)20/h4-5,7,10H,2-3,6,8H2,1H3/t10-/m0/s1. The van der Waals surface area contributed by atoms with Gasteiger partial charge in [0.1, 0.15) is 5.58 Å². The van der Waals surface area contributed by atoms with Crippen molar-refractivity contribution in [1.29, 1.82) is 0 Å². The molecule has 0 N–H and O–H groups in total. The summed E-state index contributed by atoms with van der Waals surface area (Å²) in [7, 11) is 0. The topological polar surface area (TPSA) is 33.5 Å². The Morgan fingerprint density at radius 2 is 2.13 bits per heavy atom. The first kappa shape index (κ1) is 16.2. The van der Waals surface area contributed by atoms with Gasteiger partial charge in [-0.2, -0.15) is 13.2 Å². The minimum absolute atomic E-state index is 0.0575. The lowest BCUT2D eigenvalue weighted by Crippen LogP contribution is -2.44. The number of amides is 1. The molecule has 2 aromatic rings. The van der Waals surface area contributed by atoms with Crippen molar-refractivity contribution in [3.8, 4) is 0 Å². The molecule has 0 saturated carbocycles. The molecule has 1 saturated heterocycles. The molecule has 1 aliphatic rings. The molecule has 23 heavy (non-hydrogen) atoms. The smallest absolute Gasteiger partial charge is 0.393 e. The van der Waals surface area contributed by atoms with Crippen LogP contribution in [0.4, 0.5) is 13.2 Å². The largest absolute Gasteiger partial charge is 0.451 e. The summed E-state index contributed by atoms with van der Waals surface area (Å²) >= 11 is 5.94. The second-order valence-electron chi connectivity index (χ2n) is 5.83. The maximum atomic E-state index is 12.9. The molecule has 2 heterocycles. The van der Waals surface area contributed by atoms with Crippen LogP contribution in [-0.2, 0) is 0 Å². The molecule has 0 radical (unpaired) electrons. The molecule has 1 amide bonds. The first-order valence-corrected chi connectivity index (χ1v) is 7.70. The van der Waals surface area contributed by atoms with E-state index >= 15 is 0 Å². The van der Waals surface area contributed by atoms with Crippen molar-refractivity contribution in [2.75, 3.05) is 13.1 Å². The second-order valence-corrected chi connectivity index (χ2v) is 6.27. The van der Waals surface area contributed by atoms with Crippen molar-refractivity contribution in [3.05, 3.63) is 34.5 Å². The van der Waals surface area contributed by atoms with E-state index in [1.165, 1.54) is 4.90 Å². The van der Waals surface area contributed by atoms with Gasteiger partial charge in [-0.05, 0) is 38.0 Å². The highest BCUT2D eigenvalue weighted by molar-refractivity contribution is 6.31. The van der Waals surface area contributed by atoms with Crippen molar-refractivity contribution in [2.24, 2.45) is 5.92 Å². The van der Waals surface area contributed by atoms with Crippen LogP contribution in [0.25, 0.3) is 11.0 Å². The van der Waals surface area contributed by atoms with Crippen LogP contribution in [0.2, 0.25) is 5.02 Å². The van der Waals surface area contributed by atoms with Crippen molar-refractivity contribution >= 4 is 28.5 Å². The van der Waals surface area contributed by atoms with Gasteiger partial charge in [-0.25, -0.2) is 0 Å². The molecule has 1 atom stereocenters. The molecule has 3 rings (SSSR count). The van der Waals surface area contributed by atoms with Crippen LogP contribution in [0.3, 0.4) is 0 Å². The van der Waals surface area contributed by atoms with Crippen LogP contribution in [0.1, 0.15) is 29.0 Å². The third kappa shape index (κ3) is 3.04. The lowest BCUT2D eigenvalue weighted by molar-refractivity contribution is -0.184. The second kappa shape index (κ2) is 5.74. The zero-order valence-corrected chi connectivity index (χ0v) is 13.2. The van der Waals surface area contributed by atoms with E-state index in [9.17, 15) is 18.0 Å². The van der Waals surface area contributed by atoms with Crippen LogP contribution >= 0.6 is 11.6 Å². The molecular weight excluding hydrogens is 331 g/mol. The van der Waals surface area contributed by atoms with Crippen molar-refractivity contribution in [1.82, 2.24) is 4.90 Å². The minimum Gasteiger partial charge on any atom is -0.451 e. The summed E-state index contributed by atoms with van der Waals surface area (Å²) in [5.41, 5.74) is 1.10. The molecule has 3 nitrogen and oxygen atoms in total. The number of hydrogen-bond acceptors (Lipinski definition) is 2. The van der Waals surface area contributed by atoms with Crippen LogP contribution in [0, 0.1) is 12.8 Å². The zero-order valence-electron chi connectivity index (χ0n) is 12.4. The Labute approximate surface area is 136 Å². The molecule has 1 fully saturated rings. The summed E-state index contributed by atoms with van der Waals surface area (Å²) in [6.07, 6.45) is -3.89. The van der Waals surface area contributed by atoms with E-state index in [-0.39, 0.29) is 18.7 Å². The number of carbonyl (C=O) groups excluding carboxylic acids is 1. The van der Waals surface area contributed by atoms with Gasteiger partial charge in [0.25, 0.3) is 5.91 Å². The fraction of sp³-hybridized carbons (Fsp3) is 0.438. The summed E-state index contributed by atoms with van der Waals surface area (Å²) in [6, 6.07) is 4.97. The lowest BCUT2D eigenvalue weighted by atomic mass is 9.97. The molecule has 0 aliphatic carbocycles. The maximum absolute atomic E-state index is 12.9. The quantitative estimate of drug-likeness (QED) is 0.743. The number of nitrogens with zero attached hydrogens (tertiary/aromatic N) is 1. The number of rotatable bonds is 1. The molecular formula is C16H15ClF3NO2. The van der Waals surface area contributed by atoms with Gasteiger partial charge in [-0.1, -0.05) is 11.6 Å². The summed E-state index contributed by atoms with van der Waals surface area (Å²) in [5.74, 6) is -1.88. The molecule has 0 unspecified atom stereocenters. The Hall–Kier alpha value is -1.69. The van der Waals surface area contributed by atoms with E-state index in [0.29, 0.717) is 34.5 Å². The van der Waals surface area contributed by atoms with Gasteiger partial charge in [0.2, 0.25) is 0 Å². The van der Waals surface area contributed by atoms with Crippen LogP contribution in [0.5, 0.6) is 0 Å². The number of fused-ring (bicyclic) bond motifs is 1. The normalized spacial score (nSPS) is 19.3. The summed E-state index contributed by atoms with van der Waals surface area (Å²) in [6.45, 7) is 1.70. The summed E-state index contributed by atoms with van der Waals surface area (Å²) < 4.78 is 44.2. The highest BCUT2D eigenvalue weighted by Crippen LogP contribution is 2.34. The SMILES string of the molecule is Cc1c(C(=O)N2CCC[C@H](C(F)(F)F)C2)oc2ccc(Cl)cc12. The maximum Gasteiger partial charge on any atom is 0.393 e. The average molecular weight is 346 g/mol. The highest BCUT2D eigenvalue weighted by atomic mass is 35.5. The van der Waals surface area contributed by atoms with E-state index in [0.717, 1.165) is 0 Å². The molecule has 1 aromatic carbocycles. The molecule has 1 aromatic heterocycles. The van der Waals surface area contributed by atoms with Gasteiger partial charge in [-0.15, -0.1) is 0 Å². The first-order chi connectivity index (χ1) is 10.8. The fourth-order valence-corrected chi connectivity index (χ4v) is 3.14. The number of carbonyl (C=O) groups is 1. The summed E-state index contributed by atoms with van der Waals surface area (Å²) in [5, 5.41) is 1.21. The fourth-order valence-electron chi connectivity index (χ4n) is 2.97. The van der Waals surface area contributed by atoms with Crippen molar-refractivity contribution in [3.63, 3.8) is 0 Å². The number of halogens is 4. The molecule has 7 heteroatoms. The predicted octanol–water partition coefficient (Wildman–Crippen LogP) is 4.81. The van der Waals surface area contributed by atoms with Crippen molar-refractivity contribution < 1.29 is 22.4 Å². The van der Waals surface area contributed by atoms with E-state index < -0.39 is 18.0 Å². The van der Waals surface area contributed by atoms with Gasteiger partial charge in [0, 0.05) is 29.1 Å². The van der Waals surface area contributed by atoms with Crippen LogP contribution < -0.4 is 0 Å². The van der Waals surface area contributed by atoms with Crippen LogP contribution in [-0.4, -0.2) is 30.1 Å². The van der Waals surface area contributed by atoms with Gasteiger partial charge in [-0.3, -0.25) is 4.79 Å².